The first-order chi connectivity index (χ1) is 12.9. The maximum Gasteiger partial charge on any atom is 0.124 e. The molecule has 2 unspecified atom stereocenters. The van der Waals surface area contributed by atoms with Gasteiger partial charge in [-0.25, -0.2) is 5.06 Å². The second kappa shape index (κ2) is 6.57. The number of fused-ring (bicyclic) bond motifs is 3. The van der Waals surface area contributed by atoms with Crippen molar-refractivity contribution in [2.24, 2.45) is 5.41 Å². The molecule has 1 aromatic carbocycles. The summed E-state index contributed by atoms with van der Waals surface area (Å²) in [5, 5.41) is 2.08. The molecule has 0 spiro atoms. The molecule has 3 heterocycles. The van der Waals surface area contributed by atoms with Crippen molar-refractivity contribution >= 4 is 17.5 Å². The Kier molecular flexibility index (Phi) is 4.35. The fourth-order valence-electron chi connectivity index (χ4n) is 3.97. The predicted octanol–water partition coefficient (Wildman–Crippen LogP) is 3.94. The molecule has 4 rings (SSSR count). The van der Waals surface area contributed by atoms with Crippen LogP contribution in [0.5, 0.6) is 5.75 Å². The van der Waals surface area contributed by atoms with Crippen LogP contribution in [0, 0.1) is 5.41 Å². The Labute approximate surface area is 161 Å². The van der Waals surface area contributed by atoms with Crippen LogP contribution in [-0.2, 0) is 11.3 Å². The normalized spacial score (nSPS) is 22.8. The van der Waals surface area contributed by atoms with Crippen LogP contribution in [0.2, 0.25) is 0 Å². The lowest BCUT2D eigenvalue weighted by molar-refractivity contribution is 0.0848. The molecule has 5 nitrogen and oxygen atoms in total. The van der Waals surface area contributed by atoms with Crippen molar-refractivity contribution in [1.82, 2.24) is 4.98 Å². The summed E-state index contributed by atoms with van der Waals surface area (Å²) < 4.78 is 5.54. The minimum Gasteiger partial charge on any atom is -0.496 e. The molecular weight excluding hydrogens is 338 g/mol. The van der Waals surface area contributed by atoms with Gasteiger partial charge < -0.3 is 9.64 Å². The van der Waals surface area contributed by atoms with Gasteiger partial charge in [0, 0.05) is 31.5 Å². The molecule has 142 valence electrons. The number of anilines is 2. The molecule has 2 aliphatic rings. The number of hydrogen-bond acceptors (Lipinski definition) is 5. The quantitative estimate of drug-likeness (QED) is 0.820. The fourth-order valence-corrected chi connectivity index (χ4v) is 3.97. The molecule has 0 amide bonds. The number of rotatable bonds is 4. The molecule has 0 aliphatic carbocycles. The van der Waals surface area contributed by atoms with Gasteiger partial charge in [-0.05, 0) is 30.3 Å². The number of ether oxygens (including phenoxy) is 1. The van der Waals surface area contributed by atoms with Gasteiger partial charge in [-0.1, -0.05) is 26.0 Å². The van der Waals surface area contributed by atoms with Gasteiger partial charge in [0.05, 0.1) is 36.4 Å². The van der Waals surface area contributed by atoms with Gasteiger partial charge in [0.15, 0.2) is 0 Å². The highest BCUT2D eigenvalue weighted by molar-refractivity contribution is 5.64. The van der Waals surface area contributed by atoms with Gasteiger partial charge in [0.1, 0.15) is 11.9 Å². The highest BCUT2D eigenvalue weighted by atomic mass is 16.7. The van der Waals surface area contributed by atoms with Gasteiger partial charge in [0.25, 0.3) is 0 Å². The predicted molar refractivity (Wildman–Crippen MR) is 109 cm³/mol. The molecule has 1 fully saturated rings. The third kappa shape index (κ3) is 2.96. The Hall–Kier alpha value is -2.53. The third-order valence-corrected chi connectivity index (χ3v) is 5.79. The van der Waals surface area contributed by atoms with E-state index in [0.717, 1.165) is 29.2 Å². The van der Waals surface area contributed by atoms with Crippen LogP contribution in [-0.4, -0.2) is 38.3 Å². The van der Waals surface area contributed by atoms with Crippen molar-refractivity contribution < 1.29 is 9.57 Å². The average molecular weight is 365 g/mol. The SMILES string of the molecule is COc1cccc2c1CC1N2OC(C=Cc2ccc(N(C)C)cn2)C1(C)C. The lowest BCUT2D eigenvalue weighted by Crippen LogP contribution is -2.36. The largest absolute Gasteiger partial charge is 0.496 e. The second-order valence-electron chi connectivity index (χ2n) is 8.05. The summed E-state index contributed by atoms with van der Waals surface area (Å²) >= 11 is 0. The number of aromatic nitrogens is 1. The zero-order valence-electron chi connectivity index (χ0n) is 16.6. The van der Waals surface area contributed by atoms with Crippen LogP contribution in [0.3, 0.4) is 0 Å². The van der Waals surface area contributed by atoms with Gasteiger partial charge in [-0.15, -0.1) is 0 Å². The number of benzene rings is 1. The summed E-state index contributed by atoms with van der Waals surface area (Å²) in [7, 11) is 5.76. The van der Waals surface area contributed by atoms with Crippen LogP contribution < -0.4 is 14.7 Å². The van der Waals surface area contributed by atoms with E-state index in [9.17, 15) is 0 Å². The Morgan fingerprint density at radius 3 is 2.74 bits per heavy atom. The molecule has 5 heteroatoms. The Morgan fingerprint density at radius 2 is 2.07 bits per heavy atom. The summed E-state index contributed by atoms with van der Waals surface area (Å²) in [6.45, 7) is 4.54. The molecule has 0 bridgehead atoms. The number of methoxy groups -OCH3 is 1. The molecule has 2 atom stereocenters. The number of hydrogen-bond donors (Lipinski definition) is 0. The Morgan fingerprint density at radius 1 is 1.26 bits per heavy atom. The second-order valence-corrected chi connectivity index (χ2v) is 8.05. The third-order valence-electron chi connectivity index (χ3n) is 5.79. The summed E-state index contributed by atoms with van der Waals surface area (Å²) in [4.78, 5) is 12.9. The molecule has 2 aliphatic heterocycles. The summed E-state index contributed by atoms with van der Waals surface area (Å²) in [5.41, 5.74) is 4.37. The Balaban J connectivity index is 1.56. The van der Waals surface area contributed by atoms with Crippen molar-refractivity contribution in [2.75, 3.05) is 31.2 Å². The zero-order chi connectivity index (χ0) is 19.2. The van der Waals surface area contributed by atoms with Gasteiger partial charge in [-0.3, -0.25) is 9.82 Å². The van der Waals surface area contributed by atoms with E-state index in [-0.39, 0.29) is 11.5 Å². The van der Waals surface area contributed by atoms with E-state index in [1.54, 1.807) is 7.11 Å². The first kappa shape index (κ1) is 17.9. The van der Waals surface area contributed by atoms with E-state index in [4.69, 9.17) is 9.57 Å². The molecule has 2 aromatic rings. The smallest absolute Gasteiger partial charge is 0.124 e. The highest BCUT2D eigenvalue weighted by Gasteiger charge is 2.52. The van der Waals surface area contributed by atoms with E-state index in [0.29, 0.717) is 6.04 Å². The monoisotopic (exact) mass is 365 g/mol. The Bertz CT molecular complexity index is 858. The molecule has 1 saturated heterocycles. The summed E-state index contributed by atoms with van der Waals surface area (Å²) in [6.07, 6.45) is 7.02. The van der Waals surface area contributed by atoms with E-state index < -0.39 is 0 Å². The first-order valence-corrected chi connectivity index (χ1v) is 9.35. The van der Waals surface area contributed by atoms with Gasteiger partial charge in [-0.2, -0.15) is 0 Å². The maximum atomic E-state index is 6.37. The topological polar surface area (TPSA) is 37.8 Å². The fraction of sp³-hybridized carbons (Fsp3) is 0.409. The number of hydroxylamine groups is 1. The van der Waals surface area contributed by atoms with Crippen LogP contribution >= 0.6 is 0 Å². The lowest BCUT2D eigenvalue weighted by atomic mass is 9.78. The van der Waals surface area contributed by atoms with Crippen molar-refractivity contribution in [3.05, 3.63) is 53.9 Å². The summed E-state index contributed by atoms with van der Waals surface area (Å²) in [5.74, 6) is 0.943. The van der Waals surface area contributed by atoms with E-state index in [1.165, 1.54) is 5.56 Å². The van der Waals surface area contributed by atoms with Crippen molar-refractivity contribution in [3.63, 3.8) is 0 Å². The highest BCUT2D eigenvalue weighted by Crippen LogP contribution is 2.50. The van der Waals surface area contributed by atoms with Gasteiger partial charge >= 0.3 is 0 Å². The average Bonchev–Trinajstić information content (AvgIpc) is 3.15. The van der Waals surface area contributed by atoms with Crippen molar-refractivity contribution in [2.45, 2.75) is 32.4 Å². The molecule has 27 heavy (non-hydrogen) atoms. The van der Waals surface area contributed by atoms with Crippen LogP contribution in [0.1, 0.15) is 25.1 Å². The van der Waals surface area contributed by atoms with Gasteiger partial charge in [0.2, 0.25) is 0 Å². The van der Waals surface area contributed by atoms with Crippen LogP contribution in [0.4, 0.5) is 11.4 Å². The minimum absolute atomic E-state index is 0.00261. The molecule has 0 saturated carbocycles. The molecular formula is C22H27N3O2. The number of nitrogens with zero attached hydrogens (tertiary/aromatic N) is 3. The summed E-state index contributed by atoms with van der Waals surface area (Å²) in [6, 6.07) is 10.6. The molecule has 0 radical (unpaired) electrons. The van der Waals surface area contributed by atoms with E-state index >= 15 is 0 Å². The zero-order valence-corrected chi connectivity index (χ0v) is 16.6. The van der Waals surface area contributed by atoms with E-state index in [1.807, 2.05) is 43.4 Å². The standard InChI is InChI=1S/C22H27N3O2/c1-22(2)20-13-17-18(7-6-8-19(17)26-5)25(20)27-21(22)12-10-15-9-11-16(14-23-15)24(3)4/h6-12,14,20-21H,13H2,1-5H3. The van der Waals surface area contributed by atoms with Crippen LogP contribution in [0.15, 0.2) is 42.6 Å². The van der Waals surface area contributed by atoms with Crippen molar-refractivity contribution in [1.29, 1.82) is 0 Å². The van der Waals surface area contributed by atoms with Crippen LogP contribution in [0.25, 0.3) is 6.08 Å². The lowest BCUT2D eigenvalue weighted by Gasteiger charge is -2.26. The molecule has 0 N–H and O–H groups in total. The first-order valence-electron chi connectivity index (χ1n) is 9.35. The van der Waals surface area contributed by atoms with E-state index in [2.05, 4.69) is 48.2 Å². The maximum absolute atomic E-state index is 6.37. The molecule has 1 aromatic heterocycles. The minimum atomic E-state index is -0.0237. The number of pyridine rings is 1. The van der Waals surface area contributed by atoms with Crippen molar-refractivity contribution in [3.8, 4) is 5.75 Å².